The molecule has 0 aromatic heterocycles. The molecule has 1 atom stereocenters. The fourth-order valence-electron chi connectivity index (χ4n) is 3.30. The van der Waals surface area contributed by atoms with Crippen LogP contribution in [0.2, 0.25) is 0 Å². The number of aryl methyl sites for hydroxylation is 1. The molecule has 2 heterocycles. The van der Waals surface area contributed by atoms with Gasteiger partial charge in [-0.25, -0.2) is 4.39 Å². The second kappa shape index (κ2) is 6.86. The number of halogens is 1. The van der Waals surface area contributed by atoms with Crippen LogP contribution in [0.15, 0.2) is 18.2 Å². The third-order valence-electron chi connectivity index (χ3n) is 4.70. The van der Waals surface area contributed by atoms with Crippen LogP contribution in [0, 0.1) is 18.7 Å². The van der Waals surface area contributed by atoms with Crippen molar-refractivity contribution in [3.63, 3.8) is 0 Å². The first-order valence-corrected chi connectivity index (χ1v) is 7.98. The number of nitrogens with zero attached hydrogens (tertiary/aromatic N) is 2. The minimum atomic E-state index is -0.139. The highest BCUT2D eigenvalue weighted by molar-refractivity contribution is 5.26. The highest BCUT2D eigenvalue weighted by atomic mass is 19.1. The summed E-state index contributed by atoms with van der Waals surface area (Å²) in [5.41, 5.74) is 2.30. The molecule has 2 aliphatic heterocycles. The van der Waals surface area contributed by atoms with Gasteiger partial charge in [0.25, 0.3) is 0 Å². The van der Waals surface area contributed by atoms with Gasteiger partial charge in [-0.2, -0.15) is 0 Å². The fraction of sp³-hybridized carbons (Fsp3) is 0.647. The number of hydrogen-bond donors (Lipinski definition) is 0. The van der Waals surface area contributed by atoms with Crippen molar-refractivity contribution in [1.82, 2.24) is 9.80 Å². The Bertz CT molecular complexity index is 466. The average molecular weight is 292 g/mol. The predicted octanol–water partition coefficient (Wildman–Crippen LogP) is 2.29. The third kappa shape index (κ3) is 4.02. The molecule has 2 saturated heterocycles. The maximum atomic E-state index is 13.1. The molecule has 0 spiro atoms. The molecule has 3 nitrogen and oxygen atoms in total. The van der Waals surface area contributed by atoms with E-state index in [1.54, 1.807) is 12.1 Å². The van der Waals surface area contributed by atoms with Gasteiger partial charge in [-0.3, -0.25) is 4.90 Å². The molecule has 0 amide bonds. The summed E-state index contributed by atoms with van der Waals surface area (Å²) >= 11 is 0. The lowest BCUT2D eigenvalue weighted by Gasteiger charge is -2.36. The summed E-state index contributed by atoms with van der Waals surface area (Å²) in [6.07, 6.45) is 1.22. The number of piperazine rings is 1. The summed E-state index contributed by atoms with van der Waals surface area (Å²) in [5, 5.41) is 0. The highest BCUT2D eigenvalue weighted by Crippen LogP contribution is 2.17. The van der Waals surface area contributed by atoms with Crippen LogP contribution in [0.3, 0.4) is 0 Å². The molecule has 3 rings (SSSR count). The Labute approximate surface area is 126 Å². The van der Waals surface area contributed by atoms with Crippen molar-refractivity contribution in [1.29, 1.82) is 0 Å². The van der Waals surface area contributed by atoms with Gasteiger partial charge in [0.05, 0.1) is 6.61 Å². The van der Waals surface area contributed by atoms with E-state index in [0.29, 0.717) is 0 Å². The molecule has 0 aliphatic carbocycles. The standard InChI is InChI=1S/C17H25FN2O/c1-14-10-17(18)3-2-16(14)12-20-7-5-19(6-8-20)11-15-4-9-21-13-15/h2-3,10,15H,4-9,11-13H2,1H3/t15-/m0/s1. The van der Waals surface area contributed by atoms with E-state index in [-0.39, 0.29) is 5.82 Å². The summed E-state index contributed by atoms with van der Waals surface area (Å²) in [6, 6.07) is 5.12. The Morgan fingerprint density at radius 2 is 1.95 bits per heavy atom. The molecule has 116 valence electrons. The van der Waals surface area contributed by atoms with Crippen LogP contribution in [-0.2, 0) is 11.3 Å². The van der Waals surface area contributed by atoms with E-state index in [4.69, 9.17) is 4.74 Å². The lowest BCUT2D eigenvalue weighted by atomic mass is 10.1. The molecule has 4 heteroatoms. The normalized spacial score (nSPS) is 24.6. The van der Waals surface area contributed by atoms with Crippen molar-refractivity contribution in [2.75, 3.05) is 45.9 Å². The van der Waals surface area contributed by atoms with E-state index in [2.05, 4.69) is 9.80 Å². The Morgan fingerprint density at radius 1 is 1.19 bits per heavy atom. The van der Waals surface area contributed by atoms with Gasteiger partial charge in [-0.1, -0.05) is 6.07 Å². The van der Waals surface area contributed by atoms with Crippen LogP contribution in [0.4, 0.5) is 4.39 Å². The van der Waals surface area contributed by atoms with E-state index >= 15 is 0 Å². The van der Waals surface area contributed by atoms with Crippen molar-refractivity contribution >= 4 is 0 Å². The van der Waals surface area contributed by atoms with Gasteiger partial charge in [0, 0.05) is 45.9 Å². The van der Waals surface area contributed by atoms with Gasteiger partial charge in [-0.05, 0) is 42.5 Å². The fourth-order valence-corrected chi connectivity index (χ4v) is 3.30. The zero-order chi connectivity index (χ0) is 14.7. The lowest BCUT2D eigenvalue weighted by Crippen LogP contribution is -2.47. The summed E-state index contributed by atoms with van der Waals surface area (Å²) in [6.45, 7) is 10.5. The van der Waals surface area contributed by atoms with E-state index < -0.39 is 0 Å². The van der Waals surface area contributed by atoms with E-state index in [0.717, 1.165) is 57.4 Å². The molecule has 0 saturated carbocycles. The van der Waals surface area contributed by atoms with Gasteiger partial charge in [0.2, 0.25) is 0 Å². The summed E-state index contributed by atoms with van der Waals surface area (Å²) in [5.74, 6) is 0.593. The van der Waals surface area contributed by atoms with Crippen LogP contribution in [-0.4, -0.2) is 55.7 Å². The second-order valence-electron chi connectivity index (χ2n) is 6.38. The molecule has 2 fully saturated rings. The Morgan fingerprint density at radius 3 is 2.62 bits per heavy atom. The van der Waals surface area contributed by atoms with E-state index in [1.165, 1.54) is 18.5 Å². The van der Waals surface area contributed by atoms with Gasteiger partial charge in [0.1, 0.15) is 5.82 Å². The maximum absolute atomic E-state index is 13.1. The predicted molar refractivity (Wildman–Crippen MR) is 81.8 cm³/mol. The quantitative estimate of drug-likeness (QED) is 0.847. The minimum absolute atomic E-state index is 0.139. The number of hydrogen-bond acceptors (Lipinski definition) is 3. The Hall–Kier alpha value is -0.970. The molecule has 0 N–H and O–H groups in total. The third-order valence-corrected chi connectivity index (χ3v) is 4.70. The first kappa shape index (κ1) is 14.9. The Balaban J connectivity index is 1.46. The van der Waals surface area contributed by atoms with Crippen molar-refractivity contribution < 1.29 is 9.13 Å². The summed E-state index contributed by atoms with van der Waals surface area (Å²) in [7, 11) is 0. The monoisotopic (exact) mass is 292 g/mol. The number of rotatable bonds is 4. The van der Waals surface area contributed by atoms with Gasteiger partial charge < -0.3 is 9.64 Å². The van der Waals surface area contributed by atoms with Gasteiger partial charge >= 0.3 is 0 Å². The molecule has 21 heavy (non-hydrogen) atoms. The first-order chi connectivity index (χ1) is 10.2. The molecule has 1 aromatic carbocycles. The molecule has 0 bridgehead atoms. The largest absolute Gasteiger partial charge is 0.381 e. The number of benzene rings is 1. The van der Waals surface area contributed by atoms with Gasteiger partial charge in [0.15, 0.2) is 0 Å². The lowest BCUT2D eigenvalue weighted by molar-refractivity contribution is 0.106. The van der Waals surface area contributed by atoms with Crippen LogP contribution in [0.25, 0.3) is 0 Å². The molecule has 0 unspecified atom stereocenters. The maximum Gasteiger partial charge on any atom is 0.123 e. The minimum Gasteiger partial charge on any atom is -0.381 e. The van der Waals surface area contributed by atoms with Crippen LogP contribution in [0.5, 0.6) is 0 Å². The second-order valence-corrected chi connectivity index (χ2v) is 6.38. The molecule has 0 radical (unpaired) electrons. The first-order valence-electron chi connectivity index (χ1n) is 7.98. The van der Waals surface area contributed by atoms with Crippen LogP contribution < -0.4 is 0 Å². The van der Waals surface area contributed by atoms with Crippen molar-refractivity contribution in [2.24, 2.45) is 5.92 Å². The summed E-state index contributed by atoms with van der Waals surface area (Å²) in [4.78, 5) is 5.04. The highest BCUT2D eigenvalue weighted by Gasteiger charge is 2.22. The summed E-state index contributed by atoms with van der Waals surface area (Å²) < 4.78 is 18.6. The topological polar surface area (TPSA) is 15.7 Å². The smallest absolute Gasteiger partial charge is 0.123 e. The molecular formula is C17H25FN2O. The molecule has 1 aromatic rings. The van der Waals surface area contributed by atoms with Gasteiger partial charge in [-0.15, -0.1) is 0 Å². The average Bonchev–Trinajstić information content (AvgIpc) is 2.97. The zero-order valence-corrected chi connectivity index (χ0v) is 12.9. The molecular weight excluding hydrogens is 267 g/mol. The zero-order valence-electron chi connectivity index (χ0n) is 12.9. The van der Waals surface area contributed by atoms with Crippen molar-refractivity contribution in [3.05, 3.63) is 35.1 Å². The van der Waals surface area contributed by atoms with Crippen molar-refractivity contribution in [2.45, 2.75) is 19.9 Å². The van der Waals surface area contributed by atoms with E-state index in [9.17, 15) is 4.39 Å². The van der Waals surface area contributed by atoms with Crippen LogP contribution >= 0.6 is 0 Å². The Kier molecular flexibility index (Phi) is 4.88. The molecule has 2 aliphatic rings. The number of ether oxygens (including phenoxy) is 1. The van der Waals surface area contributed by atoms with Crippen molar-refractivity contribution in [3.8, 4) is 0 Å². The van der Waals surface area contributed by atoms with Crippen LogP contribution in [0.1, 0.15) is 17.5 Å². The van der Waals surface area contributed by atoms with E-state index in [1.807, 2.05) is 13.0 Å². The SMILES string of the molecule is Cc1cc(F)ccc1CN1CCN(C[C@@H]2CCOC2)CC1.